The van der Waals surface area contributed by atoms with E-state index in [4.69, 9.17) is 0 Å². The van der Waals surface area contributed by atoms with Crippen molar-refractivity contribution in [2.24, 2.45) is 0 Å². The Balaban J connectivity index is 3.15. The fourth-order valence-electron chi connectivity index (χ4n) is 0.687. The second-order valence-electron chi connectivity index (χ2n) is 1.92. The topological polar surface area (TPSA) is 17.1 Å². The highest BCUT2D eigenvalue weighted by Gasteiger charge is 1.92. The van der Waals surface area contributed by atoms with Crippen molar-refractivity contribution in [2.45, 2.75) is 6.92 Å². The van der Waals surface area contributed by atoms with Crippen molar-refractivity contribution in [3.8, 4) is 0 Å². The first-order chi connectivity index (χ1) is 4.34. The van der Waals surface area contributed by atoms with E-state index in [1.807, 2.05) is 31.2 Å². The lowest BCUT2D eigenvalue weighted by Gasteiger charge is -1.91. The molecule has 0 unspecified atom stereocenters. The molecular weight excluding hydrogens is 128 g/mol. The average Bonchev–Trinajstić information content (AvgIpc) is 1.89. The third-order valence-corrected chi connectivity index (χ3v) is 2.04. The first-order valence-corrected chi connectivity index (χ1v) is 3.69. The molecule has 9 heavy (non-hydrogen) atoms. The molecule has 1 radical (unpaired) electrons. The van der Waals surface area contributed by atoms with Crippen molar-refractivity contribution in [2.75, 3.05) is 0 Å². The minimum atomic E-state index is -0.321. The van der Waals surface area contributed by atoms with Gasteiger partial charge in [0.25, 0.3) is 0 Å². The Morgan fingerprint density at radius 1 is 1.33 bits per heavy atom. The Morgan fingerprint density at radius 2 is 2.00 bits per heavy atom. The standard InChI is InChI=1S/C7H7OSi/c1-6-4-2-3-5-7(6)9-8/h2-5H,1H3. The van der Waals surface area contributed by atoms with Crippen molar-refractivity contribution in [1.29, 1.82) is 0 Å². The average molecular weight is 135 g/mol. The summed E-state index contributed by atoms with van der Waals surface area (Å²) in [7, 11) is -0.321. The molecule has 0 spiro atoms. The van der Waals surface area contributed by atoms with Crippen LogP contribution >= 0.6 is 0 Å². The van der Waals surface area contributed by atoms with Crippen LogP contribution in [0.1, 0.15) is 5.56 Å². The van der Waals surface area contributed by atoms with Crippen LogP contribution in [0.3, 0.4) is 0 Å². The van der Waals surface area contributed by atoms with Gasteiger partial charge in [-0.3, -0.25) is 0 Å². The molecule has 0 aliphatic carbocycles. The van der Waals surface area contributed by atoms with Gasteiger partial charge in [0, 0.05) is 5.19 Å². The highest BCUT2D eigenvalue weighted by atomic mass is 28.2. The van der Waals surface area contributed by atoms with Gasteiger partial charge in [0.2, 0.25) is 0 Å². The van der Waals surface area contributed by atoms with Gasteiger partial charge in [0.05, 0.1) is 0 Å². The molecule has 1 nitrogen and oxygen atoms in total. The number of hydrogen-bond acceptors (Lipinski definition) is 1. The molecule has 0 saturated carbocycles. The van der Waals surface area contributed by atoms with Gasteiger partial charge in [-0.2, -0.15) is 0 Å². The maximum absolute atomic E-state index is 10.4. The zero-order valence-corrected chi connectivity index (χ0v) is 6.22. The number of benzene rings is 1. The first kappa shape index (κ1) is 6.36. The van der Waals surface area contributed by atoms with E-state index in [1.165, 1.54) is 0 Å². The van der Waals surface area contributed by atoms with Crippen LogP contribution in [0.4, 0.5) is 0 Å². The van der Waals surface area contributed by atoms with Crippen LogP contribution in [0.15, 0.2) is 24.3 Å². The zero-order chi connectivity index (χ0) is 6.69. The normalized spacial score (nSPS) is 9.00. The van der Waals surface area contributed by atoms with E-state index in [9.17, 15) is 4.46 Å². The summed E-state index contributed by atoms with van der Waals surface area (Å²) < 4.78 is 10.4. The van der Waals surface area contributed by atoms with E-state index in [2.05, 4.69) is 0 Å². The Kier molecular flexibility index (Phi) is 1.90. The highest BCUT2D eigenvalue weighted by Crippen LogP contribution is 1.89. The van der Waals surface area contributed by atoms with Crippen LogP contribution in [0.5, 0.6) is 0 Å². The summed E-state index contributed by atoms with van der Waals surface area (Å²) in [5.74, 6) is 0. The predicted octanol–water partition coefficient (Wildman–Crippen LogP) is 0.670. The molecule has 1 aromatic rings. The maximum Gasteiger partial charge on any atom is 0.365 e. The van der Waals surface area contributed by atoms with Gasteiger partial charge < -0.3 is 4.46 Å². The van der Waals surface area contributed by atoms with Gasteiger partial charge in [-0.05, 0) is 12.5 Å². The Morgan fingerprint density at radius 3 is 2.44 bits per heavy atom. The minimum absolute atomic E-state index is 0.321. The van der Waals surface area contributed by atoms with Gasteiger partial charge in [-0.15, -0.1) is 0 Å². The molecule has 0 aliphatic rings. The van der Waals surface area contributed by atoms with Crippen LogP contribution < -0.4 is 5.19 Å². The van der Waals surface area contributed by atoms with Gasteiger partial charge in [-0.25, -0.2) is 0 Å². The van der Waals surface area contributed by atoms with Gasteiger partial charge in [0.1, 0.15) is 0 Å². The van der Waals surface area contributed by atoms with Crippen molar-refractivity contribution >= 4 is 14.6 Å². The molecule has 0 aliphatic heterocycles. The molecule has 0 heterocycles. The Hall–Kier alpha value is -0.763. The minimum Gasteiger partial charge on any atom is -0.378 e. The van der Waals surface area contributed by atoms with Crippen LogP contribution in [0.25, 0.3) is 0 Å². The Labute approximate surface area is 56.6 Å². The number of rotatable bonds is 1. The van der Waals surface area contributed by atoms with E-state index in [0.29, 0.717) is 0 Å². The zero-order valence-electron chi connectivity index (χ0n) is 5.22. The molecule has 1 aromatic carbocycles. The second kappa shape index (κ2) is 2.69. The van der Waals surface area contributed by atoms with Crippen LogP contribution in [0, 0.1) is 6.92 Å². The molecule has 0 amide bonds. The molecule has 45 valence electrons. The van der Waals surface area contributed by atoms with Crippen molar-refractivity contribution in [3.05, 3.63) is 29.8 Å². The smallest absolute Gasteiger partial charge is 0.365 e. The molecule has 0 fully saturated rings. The third-order valence-electron chi connectivity index (χ3n) is 1.26. The highest BCUT2D eigenvalue weighted by molar-refractivity contribution is 6.39. The monoisotopic (exact) mass is 135 g/mol. The van der Waals surface area contributed by atoms with Crippen molar-refractivity contribution in [1.82, 2.24) is 0 Å². The third kappa shape index (κ3) is 1.33. The molecule has 0 atom stereocenters. The lowest BCUT2D eigenvalue weighted by atomic mass is 10.2. The summed E-state index contributed by atoms with van der Waals surface area (Å²) in [6.07, 6.45) is 0. The van der Waals surface area contributed by atoms with Gasteiger partial charge >= 0.3 is 9.41 Å². The number of aryl methyl sites for hydroxylation is 1. The van der Waals surface area contributed by atoms with Crippen LogP contribution in [-0.2, 0) is 4.46 Å². The Bertz CT molecular complexity index is 220. The number of hydrogen-bond donors (Lipinski definition) is 0. The van der Waals surface area contributed by atoms with E-state index in [-0.39, 0.29) is 9.41 Å². The fraction of sp³-hybridized carbons (Fsp3) is 0.143. The van der Waals surface area contributed by atoms with E-state index >= 15 is 0 Å². The molecular formula is C7H7OSi. The molecule has 0 aromatic heterocycles. The molecule has 0 N–H and O–H groups in total. The summed E-state index contributed by atoms with van der Waals surface area (Å²) in [5, 5.41) is 0.928. The lowest BCUT2D eigenvalue weighted by molar-refractivity contribution is 0.583. The quantitative estimate of drug-likeness (QED) is 0.517. The molecule has 0 bridgehead atoms. The SMILES string of the molecule is Cc1ccccc1[Si]=O. The van der Waals surface area contributed by atoms with Crippen molar-refractivity contribution in [3.63, 3.8) is 0 Å². The fourth-order valence-corrected chi connectivity index (χ4v) is 1.10. The summed E-state index contributed by atoms with van der Waals surface area (Å²) in [5.41, 5.74) is 1.10. The molecule has 0 saturated heterocycles. The van der Waals surface area contributed by atoms with Crippen LogP contribution in [-0.4, -0.2) is 9.41 Å². The summed E-state index contributed by atoms with van der Waals surface area (Å²) in [6, 6.07) is 7.67. The molecule has 1 rings (SSSR count). The van der Waals surface area contributed by atoms with E-state index < -0.39 is 0 Å². The second-order valence-corrected chi connectivity index (χ2v) is 2.66. The van der Waals surface area contributed by atoms with Crippen molar-refractivity contribution < 1.29 is 4.46 Å². The lowest BCUT2D eigenvalue weighted by Crippen LogP contribution is -2.08. The summed E-state index contributed by atoms with van der Waals surface area (Å²) in [4.78, 5) is 0. The predicted molar refractivity (Wildman–Crippen MR) is 37.3 cm³/mol. The first-order valence-electron chi connectivity index (χ1n) is 2.78. The van der Waals surface area contributed by atoms with Gasteiger partial charge in [0.15, 0.2) is 0 Å². The van der Waals surface area contributed by atoms with E-state index in [0.717, 1.165) is 10.8 Å². The maximum atomic E-state index is 10.4. The van der Waals surface area contributed by atoms with Crippen LogP contribution in [0.2, 0.25) is 0 Å². The summed E-state index contributed by atoms with van der Waals surface area (Å²) >= 11 is 0. The molecule has 2 heteroatoms. The largest absolute Gasteiger partial charge is 0.378 e. The van der Waals surface area contributed by atoms with Gasteiger partial charge in [-0.1, -0.05) is 24.3 Å². The van der Waals surface area contributed by atoms with E-state index in [1.54, 1.807) is 0 Å². The summed E-state index contributed by atoms with van der Waals surface area (Å²) in [6.45, 7) is 1.96.